The van der Waals surface area contributed by atoms with Crippen molar-refractivity contribution >= 4 is 11.4 Å². The summed E-state index contributed by atoms with van der Waals surface area (Å²) in [6.07, 6.45) is 0. The predicted molar refractivity (Wildman–Crippen MR) is 125 cm³/mol. The number of rotatable bonds is 2. The summed E-state index contributed by atoms with van der Waals surface area (Å²) in [5, 5.41) is 18.6. The van der Waals surface area contributed by atoms with Gasteiger partial charge in [0.15, 0.2) is 11.4 Å². The van der Waals surface area contributed by atoms with Crippen molar-refractivity contribution in [2.75, 3.05) is 38.0 Å². The quantitative estimate of drug-likeness (QED) is 0.597. The molecule has 0 spiro atoms. The molecule has 0 N–H and O–H groups in total. The van der Waals surface area contributed by atoms with Crippen LogP contribution >= 0.6 is 0 Å². The summed E-state index contributed by atoms with van der Waals surface area (Å²) in [6.45, 7) is 0. The van der Waals surface area contributed by atoms with E-state index < -0.39 is 0 Å². The third kappa shape index (κ3) is 5.22. The first-order valence-corrected chi connectivity index (χ1v) is 9.72. The third-order valence-corrected chi connectivity index (χ3v) is 4.53. The number of aromatic nitrogens is 2. The zero-order chi connectivity index (χ0) is 23.1. The molecule has 2 aromatic carbocycles. The summed E-state index contributed by atoms with van der Waals surface area (Å²) in [4.78, 5) is 12.5. The van der Waals surface area contributed by atoms with Crippen LogP contribution in [-0.4, -0.2) is 38.2 Å². The van der Waals surface area contributed by atoms with Gasteiger partial charge in [-0.3, -0.25) is 0 Å². The van der Waals surface area contributed by atoms with Crippen LogP contribution in [0.5, 0.6) is 0 Å². The zero-order valence-corrected chi connectivity index (χ0v) is 18.3. The highest BCUT2D eigenvalue weighted by atomic mass is 15.1. The van der Waals surface area contributed by atoms with E-state index in [4.69, 9.17) is 0 Å². The Kier molecular flexibility index (Phi) is 6.72. The molecule has 0 saturated carbocycles. The Hall–Kier alpha value is -4.78. The van der Waals surface area contributed by atoms with Crippen LogP contribution in [0.15, 0.2) is 48.5 Å². The Morgan fingerprint density at radius 2 is 0.875 bits per heavy atom. The van der Waals surface area contributed by atoms with Crippen LogP contribution in [0.1, 0.15) is 33.9 Å². The molecule has 32 heavy (non-hydrogen) atoms. The van der Waals surface area contributed by atoms with E-state index in [1.54, 1.807) is 0 Å². The summed E-state index contributed by atoms with van der Waals surface area (Å²) < 4.78 is 0. The average Bonchev–Trinajstić information content (AvgIpc) is 2.81. The smallest absolute Gasteiger partial charge is 0.178 e. The molecule has 0 atom stereocenters. The van der Waals surface area contributed by atoms with Gasteiger partial charge in [0.1, 0.15) is 23.5 Å². The van der Waals surface area contributed by atoms with Gasteiger partial charge in [-0.05, 0) is 60.4 Å². The lowest BCUT2D eigenvalue weighted by Crippen LogP contribution is -2.08. The maximum atomic E-state index is 9.31. The van der Waals surface area contributed by atoms with Gasteiger partial charge in [0.05, 0.1) is 0 Å². The van der Waals surface area contributed by atoms with E-state index in [9.17, 15) is 10.5 Å². The Bertz CT molecular complexity index is 1220. The number of nitriles is 2. The van der Waals surface area contributed by atoms with Crippen molar-refractivity contribution in [1.29, 1.82) is 10.5 Å². The maximum absolute atomic E-state index is 9.31. The minimum absolute atomic E-state index is 0.0689. The Labute approximate surface area is 188 Å². The number of hydrogen-bond donors (Lipinski definition) is 0. The molecular formula is C26H20N6. The highest BCUT2D eigenvalue weighted by Gasteiger charge is 2.11. The summed E-state index contributed by atoms with van der Waals surface area (Å²) in [5.41, 5.74) is 4.09. The maximum Gasteiger partial charge on any atom is 0.178 e. The lowest BCUT2D eigenvalue weighted by molar-refractivity contribution is 1.09. The molecule has 0 aliphatic heterocycles. The normalized spacial score (nSPS) is 9.31. The van der Waals surface area contributed by atoms with Crippen LogP contribution in [-0.2, 0) is 0 Å². The molecule has 0 bridgehead atoms. The second kappa shape index (κ2) is 9.82. The molecule has 3 rings (SSSR count). The first-order valence-electron chi connectivity index (χ1n) is 9.72. The molecule has 0 amide bonds. The lowest BCUT2D eigenvalue weighted by atomic mass is 10.1. The fourth-order valence-corrected chi connectivity index (χ4v) is 2.71. The van der Waals surface area contributed by atoms with Crippen molar-refractivity contribution < 1.29 is 0 Å². The van der Waals surface area contributed by atoms with E-state index in [0.29, 0.717) is 0 Å². The van der Waals surface area contributed by atoms with Gasteiger partial charge in [-0.15, -0.1) is 0 Å². The number of hydrogen-bond acceptors (Lipinski definition) is 6. The Morgan fingerprint density at radius 3 is 1.16 bits per heavy atom. The van der Waals surface area contributed by atoms with Gasteiger partial charge in [-0.25, -0.2) is 9.97 Å². The van der Waals surface area contributed by atoms with Crippen molar-refractivity contribution in [2.45, 2.75) is 0 Å². The van der Waals surface area contributed by atoms with E-state index >= 15 is 0 Å². The van der Waals surface area contributed by atoms with E-state index in [2.05, 4.69) is 33.6 Å². The first kappa shape index (κ1) is 21.9. The fraction of sp³-hybridized carbons (Fsp3) is 0.154. The minimum Gasteiger partial charge on any atom is -0.378 e. The van der Waals surface area contributed by atoms with Gasteiger partial charge >= 0.3 is 0 Å². The molecular weight excluding hydrogens is 396 g/mol. The van der Waals surface area contributed by atoms with Crippen molar-refractivity contribution in [1.82, 2.24) is 9.97 Å². The number of nitrogens with zero attached hydrogens (tertiary/aromatic N) is 6. The van der Waals surface area contributed by atoms with Gasteiger partial charge < -0.3 is 9.80 Å². The standard InChI is InChI=1S/C26H20N6/c1-31(2)21-11-5-19(6-12-21)9-15-23-24(30-26(18-28)25(17-27)29-23)16-10-20-7-13-22(14-8-20)32(3)4/h5-8,11-14H,1-4H3. The molecule has 0 aliphatic carbocycles. The monoisotopic (exact) mass is 416 g/mol. The van der Waals surface area contributed by atoms with Crippen molar-refractivity contribution in [3.8, 4) is 35.8 Å². The van der Waals surface area contributed by atoms with Crippen LogP contribution in [0.3, 0.4) is 0 Å². The predicted octanol–water partition coefficient (Wildman–Crippen LogP) is 3.15. The van der Waals surface area contributed by atoms with Gasteiger partial charge in [-0.1, -0.05) is 11.8 Å². The summed E-state index contributed by atoms with van der Waals surface area (Å²) in [7, 11) is 7.87. The molecule has 154 valence electrons. The Morgan fingerprint density at radius 1 is 0.531 bits per heavy atom. The number of benzene rings is 2. The van der Waals surface area contributed by atoms with E-state index in [-0.39, 0.29) is 22.8 Å². The second-order valence-corrected chi connectivity index (χ2v) is 7.22. The fourth-order valence-electron chi connectivity index (χ4n) is 2.71. The summed E-state index contributed by atoms with van der Waals surface area (Å²) >= 11 is 0. The molecule has 0 saturated heterocycles. The molecule has 3 aromatic rings. The van der Waals surface area contributed by atoms with E-state index in [1.807, 2.05) is 98.7 Å². The van der Waals surface area contributed by atoms with Crippen molar-refractivity contribution in [3.63, 3.8) is 0 Å². The Balaban J connectivity index is 2.01. The summed E-state index contributed by atoms with van der Waals surface area (Å²) in [5.74, 6) is 12.0. The second-order valence-electron chi connectivity index (χ2n) is 7.22. The lowest BCUT2D eigenvalue weighted by Gasteiger charge is -2.11. The SMILES string of the molecule is CN(C)c1ccc(C#Cc2nc(C#N)c(C#N)nc2C#Cc2ccc(N(C)C)cc2)cc1. The first-order chi connectivity index (χ1) is 15.4. The zero-order valence-electron chi connectivity index (χ0n) is 18.3. The summed E-state index contributed by atoms with van der Waals surface area (Å²) in [6, 6.07) is 19.3. The molecule has 0 radical (unpaired) electrons. The topological polar surface area (TPSA) is 79.8 Å². The molecule has 1 aromatic heterocycles. The van der Waals surface area contributed by atoms with E-state index in [0.717, 1.165) is 22.5 Å². The molecule has 0 fully saturated rings. The third-order valence-electron chi connectivity index (χ3n) is 4.53. The average molecular weight is 416 g/mol. The molecule has 0 unspecified atom stereocenters. The molecule has 1 heterocycles. The van der Waals surface area contributed by atoms with E-state index in [1.165, 1.54) is 0 Å². The highest BCUT2D eigenvalue weighted by molar-refractivity contribution is 5.55. The van der Waals surface area contributed by atoms with Crippen LogP contribution in [0.2, 0.25) is 0 Å². The van der Waals surface area contributed by atoms with Crippen LogP contribution in [0, 0.1) is 46.3 Å². The van der Waals surface area contributed by atoms with Gasteiger partial charge in [-0.2, -0.15) is 10.5 Å². The number of anilines is 2. The minimum atomic E-state index is -0.0689. The highest BCUT2D eigenvalue weighted by Crippen LogP contribution is 2.13. The van der Waals surface area contributed by atoms with Gasteiger partial charge in [0, 0.05) is 50.7 Å². The molecule has 6 nitrogen and oxygen atoms in total. The van der Waals surface area contributed by atoms with Crippen LogP contribution in [0.4, 0.5) is 11.4 Å². The van der Waals surface area contributed by atoms with Gasteiger partial charge in [0.25, 0.3) is 0 Å². The molecule has 0 aliphatic rings. The van der Waals surface area contributed by atoms with Crippen molar-refractivity contribution in [3.05, 3.63) is 82.4 Å². The van der Waals surface area contributed by atoms with Gasteiger partial charge in [0.2, 0.25) is 0 Å². The molecule has 6 heteroatoms. The van der Waals surface area contributed by atoms with Crippen LogP contribution in [0.25, 0.3) is 0 Å². The van der Waals surface area contributed by atoms with Crippen molar-refractivity contribution in [2.24, 2.45) is 0 Å². The van der Waals surface area contributed by atoms with Crippen LogP contribution < -0.4 is 9.80 Å². The largest absolute Gasteiger partial charge is 0.378 e.